The Bertz CT molecular complexity index is 342. The van der Waals surface area contributed by atoms with Crippen molar-refractivity contribution in [2.45, 2.75) is 70.9 Å². The summed E-state index contributed by atoms with van der Waals surface area (Å²) < 4.78 is 11.6. The quantitative estimate of drug-likeness (QED) is 0.654. The average molecular weight is 236 g/mol. The van der Waals surface area contributed by atoms with Crippen molar-refractivity contribution in [3.05, 3.63) is 0 Å². The van der Waals surface area contributed by atoms with Crippen molar-refractivity contribution in [2.75, 3.05) is 0 Å². The summed E-state index contributed by atoms with van der Waals surface area (Å²) in [7, 11) is 0. The summed E-state index contributed by atoms with van der Waals surface area (Å²) in [5.74, 6) is 2.42. The molecule has 8 unspecified atom stereocenters. The van der Waals surface area contributed by atoms with E-state index in [-0.39, 0.29) is 0 Å². The van der Waals surface area contributed by atoms with Crippen molar-refractivity contribution in [3.8, 4) is 0 Å². The summed E-state index contributed by atoms with van der Waals surface area (Å²) in [6, 6.07) is 0. The summed E-state index contributed by atoms with van der Waals surface area (Å²) in [6.45, 7) is 7.27. The molecule has 0 aromatic rings. The normalized spacial score (nSPS) is 64.8. The molecule has 0 radical (unpaired) electrons. The van der Waals surface area contributed by atoms with E-state index in [0.717, 1.165) is 17.8 Å². The maximum absolute atomic E-state index is 5.81. The second kappa shape index (κ2) is 3.27. The van der Waals surface area contributed by atoms with Gasteiger partial charge in [-0.25, -0.2) is 0 Å². The Morgan fingerprint density at radius 2 is 1.59 bits per heavy atom. The minimum absolute atomic E-state index is 0.516. The van der Waals surface area contributed by atoms with E-state index in [9.17, 15) is 0 Å². The molecule has 96 valence electrons. The molecule has 2 nitrogen and oxygen atoms in total. The molecular weight excluding hydrogens is 212 g/mol. The minimum atomic E-state index is 0.516. The first-order valence-electron chi connectivity index (χ1n) is 7.38. The highest BCUT2D eigenvalue weighted by molar-refractivity contribution is 5.06. The summed E-state index contributed by atoms with van der Waals surface area (Å²) in [5, 5.41) is 0. The second-order valence-electron chi connectivity index (χ2n) is 7.46. The fraction of sp³-hybridized carbons (Fsp3) is 1.00. The predicted octanol–water partition coefficient (Wildman–Crippen LogP) is 3.00. The third-order valence-electron chi connectivity index (χ3n) is 5.98. The molecule has 4 rings (SSSR count). The first-order chi connectivity index (χ1) is 8.07. The molecule has 4 aliphatic rings. The van der Waals surface area contributed by atoms with Gasteiger partial charge in [0.25, 0.3) is 0 Å². The van der Waals surface area contributed by atoms with Gasteiger partial charge < -0.3 is 9.47 Å². The topological polar surface area (TPSA) is 25.1 Å². The third-order valence-corrected chi connectivity index (χ3v) is 5.98. The van der Waals surface area contributed by atoms with Crippen LogP contribution in [0.3, 0.4) is 0 Å². The number of hydrogen-bond acceptors (Lipinski definition) is 2. The molecule has 8 atom stereocenters. The van der Waals surface area contributed by atoms with Crippen LogP contribution in [0.5, 0.6) is 0 Å². The highest BCUT2D eigenvalue weighted by Gasteiger charge is 2.58. The van der Waals surface area contributed by atoms with Gasteiger partial charge in [-0.1, -0.05) is 20.8 Å². The molecule has 0 amide bonds. The Labute approximate surface area is 104 Å². The molecule has 0 spiro atoms. The molecule has 0 N–H and O–H groups in total. The number of epoxide rings is 2. The fourth-order valence-corrected chi connectivity index (χ4v) is 4.92. The molecule has 0 aromatic heterocycles. The van der Waals surface area contributed by atoms with E-state index in [4.69, 9.17) is 9.47 Å². The molecule has 2 saturated heterocycles. The van der Waals surface area contributed by atoms with E-state index in [1.807, 2.05) is 0 Å². The smallest absolute Gasteiger partial charge is 0.0867 e. The zero-order chi connectivity index (χ0) is 11.8. The molecular formula is C15H24O2. The summed E-state index contributed by atoms with van der Waals surface area (Å²) in [5.41, 5.74) is 0.516. The van der Waals surface area contributed by atoms with Crippen LogP contribution in [0, 0.1) is 23.2 Å². The van der Waals surface area contributed by atoms with E-state index >= 15 is 0 Å². The molecule has 2 aliphatic heterocycles. The van der Waals surface area contributed by atoms with Crippen LogP contribution in [-0.2, 0) is 9.47 Å². The van der Waals surface area contributed by atoms with Gasteiger partial charge in [-0.3, -0.25) is 0 Å². The first-order valence-corrected chi connectivity index (χ1v) is 7.38. The Kier molecular flexibility index (Phi) is 2.08. The number of rotatable bonds is 1. The van der Waals surface area contributed by atoms with Crippen LogP contribution >= 0.6 is 0 Å². The van der Waals surface area contributed by atoms with Crippen LogP contribution in [0.25, 0.3) is 0 Å². The molecule has 2 heteroatoms. The summed E-state index contributed by atoms with van der Waals surface area (Å²) in [4.78, 5) is 0. The van der Waals surface area contributed by atoms with Crippen molar-refractivity contribution < 1.29 is 9.47 Å². The van der Waals surface area contributed by atoms with Crippen LogP contribution in [0.4, 0.5) is 0 Å². The van der Waals surface area contributed by atoms with Crippen LogP contribution in [-0.4, -0.2) is 24.4 Å². The maximum atomic E-state index is 5.81. The van der Waals surface area contributed by atoms with E-state index in [0.29, 0.717) is 29.8 Å². The Balaban J connectivity index is 1.52. The highest BCUT2D eigenvalue weighted by Crippen LogP contribution is 2.58. The Hall–Kier alpha value is -0.0800. The lowest BCUT2D eigenvalue weighted by atomic mass is 9.60. The molecule has 4 fully saturated rings. The van der Waals surface area contributed by atoms with E-state index in [1.165, 1.54) is 25.7 Å². The monoisotopic (exact) mass is 236 g/mol. The van der Waals surface area contributed by atoms with E-state index in [2.05, 4.69) is 20.8 Å². The summed E-state index contributed by atoms with van der Waals surface area (Å²) >= 11 is 0. The molecule has 17 heavy (non-hydrogen) atoms. The zero-order valence-electron chi connectivity index (χ0n) is 11.2. The van der Waals surface area contributed by atoms with E-state index in [1.54, 1.807) is 0 Å². The minimum Gasteiger partial charge on any atom is -0.369 e. The van der Waals surface area contributed by atoms with Crippen LogP contribution in [0.1, 0.15) is 46.5 Å². The van der Waals surface area contributed by atoms with Gasteiger partial charge in [0.2, 0.25) is 0 Å². The van der Waals surface area contributed by atoms with Gasteiger partial charge in [0.05, 0.1) is 24.4 Å². The number of ether oxygens (including phenoxy) is 2. The standard InChI is InChI=1S/C15H24O2/c1-8-4-10(5-11-13(8)16-11)15(3)6-9(2)14-12(7-15)17-14/h8-14H,4-7H2,1-3H3. The summed E-state index contributed by atoms with van der Waals surface area (Å²) in [6.07, 6.45) is 7.78. The van der Waals surface area contributed by atoms with Crippen molar-refractivity contribution in [2.24, 2.45) is 23.2 Å². The van der Waals surface area contributed by atoms with Gasteiger partial charge in [-0.05, 0) is 48.9 Å². The molecule has 0 aromatic carbocycles. The molecule has 2 heterocycles. The molecule has 0 bridgehead atoms. The average Bonchev–Trinajstić information content (AvgIpc) is 3.08. The van der Waals surface area contributed by atoms with Gasteiger partial charge in [0.1, 0.15) is 0 Å². The van der Waals surface area contributed by atoms with Gasteiger partial charge in [-0.15, -0.1) is 0 Å². The fourth-order valence-electron chi connectivity index (χ4n) is 4.92. The van der Waals surface area contributed by atoms with Crippen molar-refractivity contribution in [1.82, 2.24) is 0 Å². The lowest BCUT2D eigenvalue weighted by Crippen LogP contribution is -2.40. The second-order valence-corrected chi connectivity index (χ2v) is 7.46. The van der Waals surface area contributed by atoms with Crippen LogP contribution < -0.4 is 0 Å². The van der Waals surface area contributed by atoms with Crippen molar-refractivity contribution in [3.63, 3.8) is 0 Å². The SMILES string of the molecule is CC1CC(C2(C)CC(C)C3OC3C2)CC2OC12. The molecule has 2 saturated carbocycles. The zero-order valence-corrected chi connectivity index (χ0v) is 11.2. The Morgan fingerprint density at radius 1 is 0.882 bits per heavy atom. The third kappa shape index (κ3) is 1.60. The first kappa shape index (κ1) is 10.8. The lowest BCUT2D eigenvalue weighted by molar-refractivity contribution is 0.0712. The predicted molar refractivity (Wildman–Crippen MR) is 65.7 cm³/mol. The molecule has 2 aliphatic carbocycles. The highest BCUT2D eigenvalue weighted by atomic mass is 16.6. The number of hydrogen-bond donors (Lipinski definition) is 0. The number of fused-ring (bicyclic) bond motifs is 2. The lowest BCUT2D eigenvalue weighted by Gasteiger charge is -2.43. The van der Waals surface area contributed by atoms with Crippen LogP contribution in [0.2, 0.25) is 0 Å². The van der Waals surface area contributed by atoms with Gasteiger partial charge in [0, 0.05) is 0 Å². The Morgan fingerprint density at radius 3 is 2.29 bits per heavy atom. The van der Waals surface area contributed by atoms with E-state index < -0.39 is 0 Å². The maximum Gasteiger partial charge on any atom is 0.0867 e. The van der Waals surface area contributed by atoms with Gasteiger partial charge in [0.15, 0.2) is 0 Å². The van der Waals surface area contributed by atoms with Crippen molar-refractivity contribution >= 4 is 0 Å². The largest absolute Gasteiger partial charge is 0.369 e. The van der Waals surface area contributed by atoms with Gasteiger partial charge in [-0.2, -0.15) is 0 Å². The van der Waals surface area contributed by atoms with Crippen molar-refractivity contribution in [1.29, 1.82) is 0 Å². The van der Waals surface area contributed by atoms with Crippen LogP contribution in [0.15, 0.2) is 0 Å². The van der Waals surface area contributed by atoms with Gasteiger partial charge >= 0.3 is 0 Å².